The highest BCUT2D eigenvalue weighted by Crippen LogP contribution is 2.12. The zero-order valence-electron chi connectivity index (χ0n) is 13.6. The number of hydrogen-bond donors (Lipinski definition) is 1. The van der Waals surface area contributed by atoms with Crippen molar-refractivity contribution in [1.82, 2.24) is 0 Å². The minimum absolute atomic E-state index is 0.457. The number of para-hydroxylation sites is 1. The van der Waals surface area contributed by atoms with E-state index in [9.17, 15) is 4.79 Å². The quantitative estimate of drug-likeness (QED) is 0.425. The maximum Gasteiger partial charge on any atom is 0.330 e. The topological polar surface area (TPSA) is 46.5 Å². The molecule has 0 saturated heterocycles. The van der Waals surface area contributed by atoms with Gasteiger partial charge in [0.2, 0.25) is 0 Å². The molecule has 0 heterocycles. The molecule has 0 aliphatic rings. The lowest BCUT2D eigenvalue weighted by molar-refractivity contribution is -0.132. The van der Waals surface area contributed by atoms with Gasteiger partial charge in [-0.2, -0.15) is 0 Å². The van der Waals surface area contributed by atoms with Crippen LogP contribution >= 0.6 is 0 Å². The van der Waals surface area contributed by atoms with Gasteiger partial charge in [-0.15, -0.1) is 0 Å². The van der Waals surface area contributed by atoms with Gasteiger partial charge in [0.25, 0.3) is 0 Å². The summed E-state index contributed by atoms with van der Waals surface area (Å²) in [6.45, 7) is 2.45. The molecule has 3 heteroatoms. The Morgan fingerprint density at radius 1 is 1.00 bits per heavy atom. The van der Waals surface area contributed by atoms with E-state index < -0.39 is 5.97 Å². The van der Waals surface area contributed by atoms with Gasteiger partial charge >= 0.3 is 5.97 Å². The molecule has 0 bridgehead atoms. The van der Waals surface area contributed by atoms with Crippen molar-refractivity contribution >= 4 is 5.97 Å². The highest BCUT2D eigenvalue weighted by molar-refractivity contribution is 5.85. The van der Waals surface area contributed by atoms with E-state index in [0.29, 0.717) is 5.57 Å². The number of ether oxygens (including phenoxy) is 1. The SMILES string of the molecule is CC(=CCCCCCCCCCOc1ccccc1)C(=O)O. The molecule has 1 N–H and O–H groups in total. The molecule has 3 nitrogen and oxygen atoms in total. The van der Waals surface area contributed by atoms with Crippen LogP contribution in [-0.4, -0.2) is 17.7 Å². The first-order valence-electron chi connectivity index (χ1n) is 8.28. The van der Waals surface area contributed by atoms with Crippen LogP contribution in [0.1, 0.15) is 58.3 Å². The Morgan fingerprint density at radius 3 is 2.23 bits per heavy atom. The fraction of sp³-hybridized carbons (Fsp3) is 0.526. The normalized spacial score (nSPS) is 11.4. The lowest BCUT2D eigenvalue weighted by Crippen LogP contribution is -1.96. The maximum absolute atomic E-state index is 10.6. The Labute approximate surface area is 134 Å². The molecule has 0 aliphatic carbocycles. The Balaban J connectivity index is 1.86. The largest absolute Gasteiger partial charge is 0.494 e. The number of rotatable bonds is 12. The molecular weight excluding hydrogens is 276 g/mol. The van der Waals surface area contributed by atoms with E-state index in [0.717, 1.165) is 31.6 Å². The Bertz CT molecular complexity index is 437. The first-order chi connectivity index (χ1) is 10.7. The van der Waals surface area contributed by atoms with Gasteiger partial charge in [0.1, 0.15) is 5.75 Å². The summed E-state index contributed by atoms with van der Waals surface area (Å²) in [5.41, 5.74) is 0.457. The molecule has 0 spiro atoms. The number of carbonyl (C=O) groups is 1. The lowest BCUT2D eigenvalue weighted by atomic mass is 10.1. The van der Waals surface area contributed by atoms with Crippen molar-refractivity contribution in [2.45, 2.75) is 58.3 Å². The van der Waals surface area contributed by atoms with E-state index in [4.69, 9.17) is 9.84 Å². The van der Waals surface area contributed by atoms with Crippen LogP contribution in [0.15, 0.2) is 42.0 Å². The summed E-state index contributed by atoms with van der Waals surface area (Å²) < 4.78 is 5.65. The van der Waals surface area contributed by atoms with Crippen LogP contribution in [0, 0.1) is 0 Å². The van der Waals surface area contributed by atoms with E-state index in [2.05, 4.69) is 0 Å². The van der Waals surface area contributed by atoms with Gasteiger partial charge in [0, 0.05) is 5.57 Å². The lowest BCUT2D eigenvalue weighted by Gasteiger charge is -2.05. The van der Waals surface area contributed by atoms with Crippen LogP contribution in [0.2, 0.25) is 0 Å². The summed E-state index contributed by atoms with van der Waals surface area (Å²) in [7, 11) is 0. The first kappa shape index (κ1) is 18.3. The molecular formula is C19H28O3. The van der Waals surface area contributed by atoms with Gasteiger partial charge in [-0.1, -0.05) is 56.4 Å². The van der Waals surface area contributed by atoms with E-state index in [1.54, 1.807) is 6.92 Å². The van der Waals surface area contributed by atoms with Crippen molar-refractivity contribution in [2.24, 2.45) is 0 Å². The predicted molar refractivity (Wildman–Crippen MR) is 90.3 cm³/mol. The summed E-state index contributed by atoms with van der Waals surface area (Å²) >= 11 is 0. The van der Waals surface area contributed by atoms with E-state index in [1.807, 2.05) is 36.4 Å². The van der Waals surface area contributed by atoms with Crippen LogP contribution in [0.25, 0.3) is 0 Å². The highest BCUT2D eigenvalue weighted by Gasteiger charge is 1.98. The van der Waals surface area contributed by atoms with Crippen LogP contribution in [0.4, 0.5) is 0 Å². The molecule has 0 fully saturated rings. The van der Waals surface area contributed by atoms with Crippen molar-refractivity contribution in [1.29, 1.82) is 0 Å². The molecule has 0 aliphatic heterocycles. The summed E-state index contributed by atoms with van der Waals surface area (Å²) in [6, 6.07) is 9.94. The first-order valence-corrected chi connectivity index (χ1v) is 8.28. The van der Waals surface area contributed by atoms with Crippen molar-refractivity contribution in [2.75, 3.05) is 6.61 Å². The predicted octanol–water partition coefficient (Wildman–Crippen LogP) is 5.22. The maximum atomic E-state index is 10.6. The van der Waals surface area contributed by atoms with Crippen LogP contribution in [0.5, 0.6) is 5.75 Å². The standard InChI is InChI=1S/C19H28O3/c1-17(19(20)21)13-9-6-4-2-3-5-7-12-16-22-18-14-10-8-11-15-18/h8,10-11,13-15H,2-7,9,12,16H2,1H3,(H,20,21). The fourth-order valence-electron chi connectivity index (χ4n) is 2.24. The van der Waals surface area contributed by atoms with Crippen molar-refractivity contribution in [3.63, 3.8) is 0 Å². The second-order valence-corrected chi connectivity index (χ2v) is 5.62. The molecule has 0 aromatic heterocycles. The molecule has 0 atom stereocenters. The zero-order chi connectivity index (χ0) is 16.0. The molecule has 1 aromatic rings. The second kappa shape index (κ2) is 11.8. The van der Waals surface area contributed by atoms with Gasteiger partial charge in [-0.3, -0.25) is 0 Å². The Kier molecular flexibility index (Phi) is 9.84. The molecule has 22 heavy (non-hydrogen) atoms. The number of benzene rings is 1. The van der Waals surface area contributed by atoms with Gasteiger partial charge in [-0.05, 0) is 38.3 Å². The molecule has 122 valence electrons. The molecule has 0 saturated carbocycles. The summed E-state index contributed by atoms with van der Waals surface area (Å²) in [5.74, 6) is 0.143. The highest BCUT2D eigenvalue weighted by atomic mass is 16.5. The van der Waals surface area contributed by atoms with E-state index >= 15 is 0 Å². The summed E-state index contributed by atoms with van der Waals surface area (Å²) in [6.07, 6.45) is 11.0. The van der Waals surface area contributed by atoms with Crippen LogP contribution in [0.3, 0.4) is 0 Å². The third-order valence-electron chi connectivity index (χ3n) is 3.65. The zero-order valence-corrected chi connectivity index (χ0v) is 13.6. The average Bonchev–Trinajstić information content (AvgIpc) is 2.53. The van der Waals surface area contributed by atoms with Crippen molar-refractivity contribution in [3.05, 3.63) is 42.0 Å². The van der Waals surface area contributed by atoms with Gasteiger partial charge in [-0.25, -0.2) is 4.79 Å². The van der Waals surface area contributed by atoms with Crippen LogP contribution < -0.4 is 4.74 Å². The molecule has 0 unspecified atom stereocenters. The Morgan fingerprint density at radius 2 is 1.59 bits per heavy atom. The third-order valence-corrected chi connectivity index (χ3v) is 3.65. The fourth-order valence-corrected chi connectivity index (χ4v) is 2.24. The average molecular weight is 304 g/mol. The summed E-state index contributed by atoms with van der Waals surface area (Å²) in [4.78, 5) is 10.6. The van der Waals surface area contributed by atoms with Crippen molar-refractivity contribution < 1.29 is 14.6 Å². The van der Waals surface area contributed by atoms with Gasteiger partial charge < -0.3 is 9.84 Å². The number of hydrogen-bond acceptors (Lipinski definition) is 2. The minimum atomic E-state index is -0.808. The van der Waals surface area contributed by atoms with Gasteiger partial charge in [0.15, 0.2) is 0 Å². The minimum Gasteiger partial charge on any atom is -0.494 e. The molecule has 0 radical (unpaired) electrons. The van der Waals surface area contributed by atoms with Crippen LogP contribution in [-0.2, 0) is 4.79 Å². The monoisotopic (exact) mass is 304 g/mol. The number of allylic oxidation sites excluding steroid dienone is 1. The summed E-state index contributed by atoms with van der Waals surface area (Å²) in [5, 5.41) is 8.72. The third kappa shape index (κ3) is 9.22. The number of carboxylic acid groups (broad SMARTS) is 1. The number of unbranched alkanes of at least 4 members (excludes halogenated alkanes) is 7. The Hall–Kier alpha value is -1.77. The van der Waals surface area contributed by atoms with Gasteiger partial charge in [0.05, 0.1) is 6.61 Å². The number of carboxylic acids is 1. The van der Waals surface area contributed by atoms with E-state index in [-0.39, 0.29) is 0 Å². The van der Waals surface area contributed by atoms with Crippen molar-refractivity contribution in [3.8, 4) is 5.75 Å². The van der Waals surface area contributed by atoms with E-state index in [1.165, 1.54) is 32.1 Å². The second-order valence-electron chi connectivity index (χ2n) is 5.62. The molecule has 1 rings (SSSR count). The molecule has 1 aromatic carbocycles. The molecule has 0 amide bonds. The number of aliphatic carboxylic acids is 1. The smallest absolute Gasteiger partial charge is 0.330 e.